The summed E-state index contributed by atoms with van der Waals surface area (Å²) in [6.07, 6.45) is 0.550. The highest BCUT2D eigenvalue weighted by Crippen LogP contribution is 2.05. The highest BCUT2D eigenvalue weighted by molar-refractivity contribution is 5.65. The van der Waals surface area contributed by atoms with Crippen LogP contribution in [0.1, 0.15) is 30.2 Å². The van der Waals surface area contributed by atoms with Crippen LogP contribution in [0.2, 0.25) is 0 Å². The fourth-order valence-corrected chi connectivity index (χ4v) is 1.78. The monoisotopic (exact) mass is 248 g/mol. The normalized spacial score (nSPS) is 9.89. The van der Waals surface area contributed by atoms with Gasteiger partial charge in [-0.15, -0.1) is 0 Å². The molecule has 0 aliphatic heterocycles. The summed E-state index contributed by atoms with van der Waals surface area (Å²) in [6.45, 7) is 5.62. The molecule has 0 fully saturated rings. The largest absolute Gasteiger partial charge is 0.466 e. The Morgan fingerprint density at radius 2 is 2.17 bits per heavy atom. The van der Waals surface area contributed by atoms with Crippen LogP contribution in [0, 0.1) is 25.2 Å². The minimum atomic E-state index is -0.333. The lowest BCUT2D eigenvalue weighted by molar-refractivity contribution is -0.141. The third-order valence-corrected chi connectivity index (χ3v) is 2.65. The maximum absolute atomic E-state index is 12.0. The van der Waals surface area contributed by atoms with Crippen molar-refractivity contribution in [2.75, 3.05) is 6.61 Å². The molecule has 0 aromatic carbocycles. The number of ether oxygens (including phenoxy) is 1. The van der Waals surface area contributed by atoms with Crippen molar-refractivity contribution in [2.45, 2.75) is 33.7 Å². The number of rotatable bonds is 4. The van der Waals surface area contributed by atoms with Crippen LogP contribution in [0.15, 0.2) is 10.9 Å². The van der Waals surface area contributed by atoms with Crippen LogP contribution < -0.4 is 5.56 Å². The number of aromatic nitrogens is 1. The first-order valence-corrected chi connectivity index (χ1v) is 5.72. The van der Waals surface area contributed by atoms with Crippen molar-refractivity contribution < 1.29 is 9.53 Å². The zero-order chi connectivity index (χ0) is 13.7. The molecule has 0 unspecified atom stereocenters. The van der Waals surface area contributed by atoms with Gasteiger partial charge in [0, 0.05) is 19.2 Å². The molecule has 0 radical (unpaired) electrons. The maximum Gasteiger partial charge on any atom is 0.302 e. The third kappa shape index (κ3) is 3.20. The molecule has 1 heterocycles. The van der Waals surface area contributed by atoms with Gasteiger partial charge in [-0.05, 0) is 31.9 Å². The Labute approximate surface area is 106 Å². The molecule has 96 valence electrons. The van der Waals surface area contributed by atoms with Crippen LogP contribution in [0.25, 0.3) is 0 Å². The Bertz CT molecular complexity index is 553. The summed E-state index contributed by atoms with van der Waals surface area (Å²) in [7, 11) is 0. The number of pyridine rings is 1. The number of hydrogen-bond donors (Lipinski definition) is 0. The number of aryl methyl sites for hydroxylation is 2. The fraction of sp³-hybridized carbons (Fsp3) is 0.462. The minimum absolute atomic E-state index is 0.174. The summed E-state index contributed by atoms with van der Waals surface area (Å²) >= 11 is 0. The summed E-state index contributed by atoms with van der Waals surface area (Å²) in [6, 6.07) is 3.73. The number of carbonyl (C=O) groups is 1. The van der Waals surface area contributed by atoms with E-state index in [0.29, 0.717) is 18.5 Å². The molecule has 0 spiro atoms. The van der Waals surface area contributed by atoms with Gasteiger partial charge in [0.2, 0.25) is 0 Å². The van der Waals surface area contributed by atoms with Gasteiger partial charge in [0.25, 0.3) is 5.56 Å². The summed E-state index contributed by atoms with van der Waals surface area (Å²) in [5, 5.41) is 8.93. The van der Waals surface area contributed by atoms with E-state index < -0.39 is 0 Å². The standard InChI is InChI=1S/C13H16N2O3/c1-9-7-10(2)15(13(17)12(9)8-14)5-4-6-18-11(3)16/h7H,4-6H2,1-3H3. The molecule has 5 nitrogen and oxygen atoms in total. The first-order valence-electron chi connectivity index (χ1n) is 5.72. The van der Waals surface area contributed by atoms with Crippen molar-refractivity contribution in [3.05, 3.63) is 33.2 Å². The second-order valence-corrected chi connectivity index (χ2v) is 4.11. The lowest BCUT2D eigenvalue weighted by Gasteiger charge is -2.11. The van der Waals surface area contributed by atoms with E-state index in [1.54, 1.807) is 6.92 Å². The molecular weight excluding hydrogens is 232 g/mol. The predicted octanol–water partition coefficient (Wildman–Crippen LogP) is 1.29. The van der Waals surface area contributed by atoms with E-state index >= 15 is 0 Å². The van der Waals surface area contributed by atoms with E-state index in [0.717, 1.165) is 5.69 Å². The second-order valence-electron chi connectivity index (χ2n) is 4.11. The van der Waals surface area contributed by atoms with Crippen molar-refractivity contribution in [3.8, 4) is 6.07 Å². The van der Waals surface area contributed by atoms with Gasteiger partial charge in [-0.3, -0.25) is 9.59 Å². The fourth-order valence-electron chi connectivity index (χ4n) is 1.78. The van der Waals surface area contributed by atoms with Gasteiger partial charge in [0.05, 0.1) is 6.61 Å². The third-order valence-electron chi connectivity index (χ3n) is 2.65. The van der Waals surface area contributed by atoms with Crippen molar-refractivity contribution in [2.24, 2.45) is 0 Å². The summed E-state index contributed by atoms with van der Waals surface area (Å²) in [5.41, 5.74) is 1.39. The summed E-state index contributed by atoms with van der Waals surface area (Å²) in [4.78, 5) is 22.6. The van der Waals surface area contributed by atoms with Crippen LogP contribution in [0.3, 0.4) is 0 Å². The Hall–Kier alpha value is -2.09. The SMILES string of the molecule is CC(=O)OCCCn1c(C)cc(C)c(C#N)c1=O. The van der Waals surface area contributed by atoms with Crippen molar-refractivity contribution in [3.63, 3.8) is 0 Å². The first kappa shape index (κ1) is 14.0. The number of nitriles is 1. The number of nitrogens with zero attached hydrogens (tertiary/aromatic N) is 2. The van der Waals surface area contributed by atoms with E-state index in [4.69, 9.17) is 10.00 Å². The van der Waals surface area contributed by atoms with Crippen molar-refractivity contribution in [1.29, 1.82) is 5.26 Å². The molecule has 1 rings (SSSR count). The topological polar surface area (TPSA) is 72.1 Å². The molecule has 0 bridgehead atoms. The Kier molecular flexibility index (Phi) is 4.67. The quantitative estimate of drug-likeness (QED) is 0.594. The number of carbonyl (C=O) groups excluding carboxylic acids is 1. The minimum Gasteiger partial charge on any atom is -0.466 e. The van der Waals surface area contributed by atoms with Crippen LogP contribution in [-0.4, -0.2) is 17.1 Å². The average molecular weight is 248 g/mol. The van der Waals surface area contributed by atoms with E-state index in [1.165, 1.54) is 11.5 Å². The molecule has 0 aliphatic rings. The average Bonchev–Trinajstić information content (AvgIpc) is 2.27. The smallest absolute Gasteiger partial charge is 0.302 e. The van der Waals surface area contributed by atoms with E-state index in [9.17, 15) is 9.59 Å². The lowest BCUT2D eigenvalue weighted by atomic mass is 10.1. The van der Waals surface area contributed by atoms with Gasteiger partial charge in [0.15, 0.2) is 0 Å². The molecular formula is C13H16N2O3. The molecule has 0 saturated carbocycles. The first-order chi connectivity index (χ1) is 8.47. The number of esters is 1. The Morgan fingerprint density at radius 3 is 2.72 bits per heavy atom. The van der Waals surface area contributed by atoms with Gasteiger partial charge < -0.3 is 9.30 Å². The molecule has 0 aliphatic carbocycles. The van der Waals surface area contributed by atoms with Gasteiger partial charge in [-0.2, -0.15) is 5.26 Å². The van der Waals surface area contributed by atoms with Gasteiger partial charge in [0.1, 0.15) is 11.6 Å². The van der Waals surface area contributed by atoms with E-state index in [2.05, 4.69) is 0 Å². The highest BCUT2D eigenvalue weighted by Gasteiger charge is 2.09. The molecule has 1 aromatic rings. The van der Waals surface area contributed by atoms with Crippen molar-refractivity contribution in [1.82, 2.24) is 4.57 Å². The second kappa shape index (κ2) is 6.01. The molecule has 0 N–H and O–H groups in total. The Morgan fingerprint density at radius 1 is 1.50 bits per heavy atom. The summed E-state index contributed by atoms with van der Waals surface area (Å²) < 4.78 is 6.34. The zero-order valence-corrected chi connectivity index (χ0v) is 10.8. The lowest BCUT2D eigenvalue weighted by Crippen LogP contribution is -2.26. The van der Waals surface area contributed by atoms with Gasteiger partial charge in [-0.25, -0.2) is 0 Å². The zero-order valence-electron chi connectivity index (χ0n) is 10.8. The number of hydrogen-bond acceptors (Lipinski definition) is 4. The van der Waals surface area contributed by atoms with E-state index in [1.807, 2.05) is 19.1 Å². The van der Waals surface area contributed by atoms with Crippen LogP contribution in [0.5, 0.6) is 0 Å². The predicted molar refractivity (Wildman–Crippen MR) is 66.1 cm³/mol. The molecule has 5 heteroatoms. The molecule has 0 saturated heterocycles. The van der Waals surface area contributed by atoms with Crippen LogP contribution in [-0.2, 0) is 16.1 Å². The molecule has 18 heavy (non-hydrogen) atoms. The highest BCUT2D eigenvalue weighted by atomic mass is 16.5. The molecule has 1 aromatic heterocycles. The van der Waals surface area contributed by atoms with E-state index in [-0.39, 0.29) is 23.7 Å². The summed E-state index contributed by atoms with van der Waals surface area (Å²) in [5.74, 6) is -0.333. The molecule has 0 atom stereocenters. The van der Waals surface area contributed by atoms with Gasteiger partial charge in [-0.1, -0.05) is 0 Å². The van der Waals surface area contributed by atoms with Gasteiger partial charge >= 0.3 is 5.97 Å². The maximum atomic E-state index is 12.0. The van der Waals surface area contributed by atoms with Crippen molar-refractivity contribution >= 4 is 5.97 Å². The van der Waals surface area contributed by atoms with Crippen LogP contribution in [0.4, 0.5) is 0 Å². The Balaban J connectivity index is 2.87. The van der Waals surface area contributed by atoms with Crippen LogP contribution >= 0.6 is 0 Å². The molecule has 0 amide bonds.